The van der Waals surface area contributed by atoms with Gasteiger partial charge in [-0.15, -0.1) is 0 Å². The second kappa shape index (κ2) is 11.0. The lowest BCUT2D eigenvalue weighted by Crippen LogP contribution is -2.45. The molecule has 0 aliphatic carbocycles. The van der Waals surface area contributed by atoms with E-state index in [4.69, 9.17) is 4.74 Å². The first-order valence-corrected chi connectivity index (χ1v) is 9.80. The van der Waals surface area contributed by atoms with E-state index in [2.05, 4.69) is 12.2 Å². The third-order valence-corrected chi connectivity index (χ3v) is 4.92. The summed E-state index contributed by atoms with van der Waals surface area (Å²) in [6, 6.07) is 7.52. The Kier molecular flexibility index (Phi) is 8.62. The summed E-state index contributed by atoms with van der Waals surface area (Å²) in [5.74, 6) is 0.00972. The van der Waals surface area contributed by atoms with Crippen molar-refractivity contribution in [3.63, 3.8) is 0 Å². The van der Waals surface area contributed by atoms with Gasteiger partial charge in [0.05, 0.1) is 12.5 Å². The highest BCUT2D eigenvalue weighted by molar-refractivity contribution is 5.94. The van der Waals surface area contributed by atoms with Crippen molar-refractivity contribution >= 4 is 11.8 Å². The van der Waals surface area contributed by atoms with Gasteiger partial charge in [0.2, 0.25) is 5.91 Å². The molecule has 1 fully saturated rings. The van der Waals surface area contributed by atoms with Crippen molar-refractivity contribution in [3.8, 4) is 0 Å². The van der Waals surface area contributed by atoms with Gasteiger partial charge in [-0.1, -0.05) is 38.3 Å². The number of carbonyl (C=O) groups excluding carboxylic acids is 2. The molecule has 0 spiro atoms. The number of hydrogen-bond donors (Lipinski definition) is 1. The van der Waals surface area contributed by atoms with Gasteiger partial charge in [0.1, 0.15) is 0 Å². The van der Waals surface area contributed by atoms with Gasteiger partial charge in [0.25, 0.3) is 5.91 Å². The smallest absolute Gasteiger partial charge is 0.253 e. The molecule has 2 rings (SSSR count). The molecule has 1 N–H and O–H groups in total. The van der Waals surface area contributed by atoms with Crippen LogP contribution in [-0.4, -0.2) is 43.5 Å². The van der Waals surface area contributed by atoms with Crippen molar-refractivity contribution in [2.24, 2.45) is 5.92 Å². The number of likely N-dealkylation sites (tertiary alicyclic amines) is 1. The number of nitrogens with one attached hydrogen (secondary N) is 1. The number of benzene rings is 1. The van der Waals surface area contributed by atoms with E-state index in [1.54, 1.807) is 7.11 Å². The minimum atomic E-state index is -0.0911. The van der Waals surface area contributed by atoms with Crippen LogP contribution >= 0.6 is 0 Å². The Balaban J connectivity index is 1.84. The maximum Gasteiger partial charge on any atom is 0.253 e. The van der Waals surface area contributed by atoms with E-state index in [0.29, 0.717) is 18.7 Å². The highest BCUT2D eigenvalue weighted by Crippen LogP contribution is 2.19. The minimum absolute atomic E-state index is 0.00872. The lowest BCUT2D eigenvalue weighted by molar-refractivity contribution is -0.126. The van der Waals surface area contributed by atoms with Gasteiger partial charge in [-0.3, -0.25) is 9.59 Å². The van der Waals surface area contributed by atoms with E-state index in [1.807, 2.05) is 29.2 Å². The summed E-state index contributed by atoms with van der Waals surface area (Å²) in [5, 5.41) is 3.04. The van der Waals surface area contributed by atoms with E-state index < -0.39 is 0 Å². The number of methoxy groups -OCH3 is 1. The van der Waals surface area contributed by atoms with Crippen molar-refractivity contribution in [1.29, 1.82) is 0 Å². The standard InChI is InChI=1S/C21H32N2O3/c1-3-4-5-6-13-22-20(24)19-8-7-14-23(15-19)21(25)18-11-9-17(10-12-18)16-26-2/h9-12,19H,3-8,13-16H2,1-2H3,(H,22,24). The van der Waals surface area contributed by atoms with Gasteiger partial charge in [0.15, 0.2) is 0 Å². The molecule has 0 bridgehead atoms. The molecule has 1 saturated heterocycles. The summed E-state index contributed by atoms with van der Waals surface area (Å²) >= 11 is 0. The van der Waals surface area contributed by atoms with E-state index in [0.717, 1.165) is 44.3 Å². The van der Waals surface area contributed by atoms with Crippen LogP contribution in [0.1, 0.15) is 61.4 Å². The van der Waals surface area contributed by atoms with Crippen LogP contribution in [0.25, 0.3) is 0 Å². The minimum Gasteiger partial charge on any atom is -0.380 e. The Morgan fingerprint density at radius 1 is 1.19 bits per heavy atom. The summed E-state index contributed by atoms with van der Waals surface area (Å²) in [6.07, 6.45) is 6.33. The van der Waals surface area contributed by atoms with Gasteiger partial charge in [0, 0.05) is 32.3 Å². The molecule has 5 nitrogen and oxygen atoms in total. The van der Waals surface area contributed by atoms with Gasteiger partial charge in [-0.05, 0) is 37.0 Å². The van der Waals surface area contributed by atoms with Crippen molar-refractivity contribution in [2.45, 2.75) is 52.1 Å². The number of carbonyl (C=O) groups is 2. The highest BCUT2D eigenvalue weighted by atomic mass is 16.5. The second-order valence-corrected chi connectivity index (χ2v) is 7.07. The Labute approximate surface area is 157 Å². The fraction of sp³-hybridized carbons (Fsp3) is 0.619. The Hall–Kier alpha value is -1.88. The van der Waals surface area contributed by atoms with Gasteiger partial charge in [-0.25, -0.2) is 0 Å². The number of hydrogen-bond acceptors (Lipinski definition) is 3. The van der Waals surface area contributed by atoms with Gasteiger partial charge < -0.3 is 15.0 Å². The average Bonchev–Trinajstić information content (AvgIpc) is 2.68. The molecule has 1 aliphatic heterocycles. The largest absolute Gasteiger partial charge is 0.380 e. The van der Waals surface area contributed by atoms with Gasteiger partial charge >= 0.3 is 0 Å². The molecule has 0 radical (unpaired) electrons. The third kappa shape index (κ3) is 6.13. The molecule has 1 aromatic carbocycles. The molecule has 26 heavy (non-hydrogen) atoms. The first-order chi connectivity index (χ1) is 12.7. The monoisotopic (exact) mass is 360 g/mol. The average molecular weight is 360 g/mol. The van der Waals surface area contributed by atoms with E-state index in [1.165, 1.54) is 12.8 Å². The zero-order chi connectivity index (χ0) is 18.8. The number of rotatable bonds is 9. The molecule has 144 valence electrons. The summed E-state index contributed by atoms with van der Waals surface area (Å²) in [5.41, 5.74) is 1.72. The van der Waals surface area contributed by atoms with Crippen LogP contribution in [0.2, 0.25) is 0 Å². The van der Waals surface area contributed by atoms with E-state index >= 15 is 0 Å². The first kappa shape index (κ1) is 20.4. The normalized spacial score (nSPS) is 17.2. The maximum atomic E-state index is 12.7. The summed E-state index contributed by atoms with van der Waals surface area (Å²) < 4.78 is 5.10. The fourth-order valence-corrected chi connectivity index (χ4v) is 3.38. The van der Waals surface area contributed by atoms with Crippen LogP contribution in [-0.2, 0) is 16.1 Å². The maximum absolute atomic E-state index is 12.7. The molecule has 5 heteroatoms. The molecule has 2 amide bonds. The first-order valence-electron chi connectivity index (χ1n) is 9.80. The van der Waals surface area contributed by atoms with Crippen molar-refractivity contribution in [3.05, 3.63) is 35.4 Å². The van der Waals surface area contributed by atoms with Crippen LogP contribution in [0.3, 0.4) is 0 Å². The summed E-state index contributed by atoms with van der Waals surface area (Å²) in [7, 11) is 1.65. The van der Waals surface area contributed by atoms with Crippen LogP contribution in [0.5, 0.6) is 0 Å². The number of ether oxygens (including phenoxy) is 1. The lowest BCUT2D eigenvalue weighted by atomic mass is 9.96. The number of unbranched alkanes of at least 4 members (excludes halogenated alkanes) is 3. The van der Waals surface area contributed by atoms with Crippen LogP contribution < -0.4 is 5.32 Å². The predicted octanol–water partition coefficient (Wildman–Crippen LogP) is 3.38. The Morgan fingerprint density at radius 2 is 1.96 bits per heavy atom. The van der Waals surface area contributed by atoms with E-state index in [9.17, 15) is 9.59 Å². The van der Waals surface area contributed by atoms with E-state index in [-0.39, 0.29) is 17.7 Å². The molecular weight excluding hydrogens is 328 g/mol. The zero-order valence-corrected chi connectivity index (χ0v) is 16.1. The number of piperidine rings is 1. The molecular formula is C21H32N2O3. The molecule has 1 unspecified atom stereocenters. The Morgan fingerprint density at radius 3 is 2.65 bits per heavy atom. The zero-order valence-electron chi connectivity index (χ0n) is 16.1. The SMILES string of the molecule is CCCCCCNC(=O)C1CCCN(C(=O)c2ccc(COC)cc2)C1. The molecule has 1 heterocycles. The van der Waals surface area contributed by atoms with Crippen LogP contribution in [0, 0.1) is 5.92 Å². The molecule has 0 aromatic heterocycles. The van der Waals surface area contributed by atoms with Crippen LogP contribution in [0.15, 0.2) is 24.3 Å². The fourth-order valence-electron chi connectivity index (χ4n) is 3.38. The second-order valence-electron chi connectivity index (χ2n) is 7.07. The van der Waals surface area contributed by atoms with Crippen LogP contribution in [0.4, 0.5) is 0 Å². The summed E-state index contributed by atoms with van der Waals surface area (Å²) in [4.78, 5) is 26.9. The summed E-state index contributed by atoms with van der Waals surface area (Å²) in [6.45, 7) is 4.69. The number of amides is 2. The van der Waals surface area contributed by atoms with Crippen molar-refractivity contribution in [2.75, 3.05) is 26.7 Å². The quantitative estimate of drug-likeness (QED) is 0.687. The molecule has 1 aliphatic rings. The lowest BCUT2D eigenvalue weighted by Gasteiger charge is -2.32. The van der Waals surface area contributed by atoms with Crippen molar-refractivity contribution in [1.82, 2.24) is 10.2 Å². The topological polar surface area (TPSA) is 58.6 Å². The van der Waals surface area contributed by atoms with Gasteiger partial charge in [-0.2, -0.15) is 0 Å². The Bertz CT molecular complexity index is 571. The predicted molar refractivity (Wildman–Crippen MR) is 103 cm³/mol. The third-order valence-electron chi connectivity index (χ3n) is 4.92. The molecule has 1 atom stereocenters. The molecule has 0 saturated carbocycles. The number of nitrogens with zero attached hydrogens (tertiary/aromatic N) is 1. The van der Waals surface area contributed by atoms with Crippen molar-refractivity contribution < 1.29 is 14.3 Å². The highest BCUT2D eigenvalue weighted by Gasteiger charge is 2.28. The molecule has 1 aromatic rings.